The van der Waals surface area contributed by atoms with Crippen molar-refractivity contribution in [3.8, 4) is 5.69 Å². The van der Waals surface area contributed by atoms with E-state index in [0.29, 0.717) is 11.0 Å². The van der Waals surface area contributed by atoms with Crippen molar-refractivity contribution < 1.29 is 0 Å². The van der Waals surface area contributed by atoms with Crippen molar-refractivity contribution in [2.24, 2.45) is 0 Å². The molecule has 3 nitrogen and oxygen atoms in total. The number of nitrogen functional groups attached to an aromatic ring is 1. The highest BCUT2D eigenvalue weighted by Crippen LogP contribution is 2.26. The molecule has 0 unspecified atom stereocenters. The first kappa shape index (κ1) is 9.69. The van der Waals surface area contributed by atoms with Crippen LogP contribution in [0.2, 0.25) is 5.02 Å². The summed E-state index contributed by atoms with van der Waals surface area (Å²) < 4.78 is 1.90. The zero-order valence-electron chi connectivity index (χ0n) is 8.22. The van der Waals surface area contributed by atoms with Crippen LogP contribution in [0, 0.1) is 0 Å². The molecule has 0 aliphatic rings. The largest absolute Gasteiger partial charge is 0.369 e. The van der Waals surface area contributed by atoms with E-state index in [1.165, 1.54) is 0 Å². The summed E-state index contributed by atoms with van der Waals surface area (Å²) in [6, 6.07) is 7.56. The summed E-state index contributed by atoms with van der Waals surface area (Å²) >= 11 is 7.60. The Morgan fingerprint density at radius 3 is 2.94 bits per heavy atom. The highest BCUT2D eigenvalue weighted by atomic mass is 35.5. The van der Waals surface area contributed by atoms with E-state index in [1.807, 2.05) is 39.6 Å². The van der Waals surface area contributed by atoms with Crippen LogP contribution in [0.3, 0.4) is 0 Å². The number of nitrogens with zero attached hydrogens (tertiary/aromatic N) is 2. The fourth-order valence-corrected chi connectivity index (χ4v) is 2.51. The monoisotopic (exact) mass is 249 g/mol. The summed E-state index contributed by atoms with van der Waals surface area (Å²) in [5.41, 5.74) is 8.72. The van der Waals surface area contributed by atoms with Crippen molar-refractivity contribution in [1.82, 2.24) is 9.55 Å². The average molecular weight is 250 g/mol. The summed E-state index contributed by atoms with van der Waals surface area (Å²) in [6.45, 7) is 0. The molecule has 3 rings (SSSR count). The van der Waals surface area contributed by atoms with E-state index < -0.39 is 0 Å². The van der Waals surface area contributed by atoms with Gasteiger partial charge in [0.15, 0.2) is 0 Å². The van der Waals surface area contributed by atoms with Gasteiger partial charge in [-0.05, 0) is 29.6 Å². The molecule has 0 aliphatic carbocycles. The van der Waals surface area contributed by atoms with E-state index in [2.05, 4.69) is 4.98 Å². The second-order valence-electron chi connectivity index (χ2n) is 3.42. The molecule has 0 bridgehead atoms. The Balaban J connectivity index is 2.38. The van der Waals surface area contributed by atoms with Crippen molar-refractivity contribution >= 4 is 39.9 Å². The molecule has 2 N–H and O–H groups in total. The molecule has 0 radical (unpaired) electrons. The number of anilines is 1. The summed E-state index contributed by atoms with van der Waals surface area (Å²) in [5, 5.41) is 4.72. The molecule has 0 aliphatic heterocycles. The molecule has 0 spiro atoms. The van der Waals surface area contributed by atoms with Crippen LogP contribution >= 0.6 is 22.9 Å². The molecule has 2 aromatic heterocycles. The van der Waals surface area contributed by atoms with Crippen molar-refractivity contribution in [2.75, 3.05) is 5.73 Å². The van der Waals surface area contributed by atoms with Crippen LogP contribution in [-0.2, 0) is 0 Å². The first-order valence-electron chi connectivity index (χ1n) is 4.72. The number of imidazole rings is 1. The standard InChI is InChI=1S/C11H8ClN3S/c12-7-1-2-9-10(5-7)15(11(13)14-9)8-3-4-16-6-8/h1-6H,(H2,13,14). The van der Waals surface area contributed by atoms with Gasteiger partial charge in [-0.3, -0.25) is 4.57 Å². The number of halogens is 1. The third kappa shape index (κ3) is 1.38. The van der Waals surface area contributed by atoms with Crippen LogP contribution in [0.25, 0.3) is 16.7 Å². The lowest BCUT2D eigenvalue weighted by atomic mass is 10.3. The second-order valence-corrected chi connectivity index (χ2v) is 4.64. The zero-order valence-corrected chi connectivity index (χ0v) is 9.79. The van der Waals surface area contributed by atoms with Crippen LogP contribution in [0.1, 0.15) is 0 Å². The van der Waals surface area contributed by atoms with Gasteiger partial charge in [-0.2, -0.15) is 11.3 Å². The Hall–Kier alpha value is -1.52. The molecule has 2 heterocycles. The third-order valence-electron chi connectivity index (χ3n) is 2.41. The number of benzene rings is 1. The number of fused-ring (bicyclic) bond motifs is 1. The highest BCUT2D eigenvalue weighted by Gasteiger charge is 2.10. The predicted molar refractivity (Wildman–Crippen MR) is 68.4 cm³/mol. The lowest BCUT2D eigenvalue weighted by Crippen LogP contribution is -1.98. The number of rotatable bonds is 1. The van der Waals surface area contributed by atoms with E-state index in [1.54, 1.807) is 11.3 Å². The minimum atomic E-state index is 0.482. The normalized spacial score (nSPS) is 11.1. The number of hydrogen-bond donors (Lipinski definition) is 1. The number of aromatic nitrogens is 2. The van der Waals surface area contributed by atoms with E-state index in [9.17, 15) is 0 Å². The molecule has 0 saturated heterocycles. The van der Waals surface area contributed by atoms with Gasteiger partial charge in [0.1, 0.15) is 0 Å². The third-order valence-corrected chi connectivity index (χ3v) is 3.31. The Morgan fingerprint density at radius 2 is 2.19 bits per heavy atom. The van der Waals surface area contributed by atoms with Gasteiger partial charge in [0, 0.05) is 10.4 Å². The van der Waals surface area contributed by atoms with Gasteiger partial charge in [0.05, 0.1) is 16.7 Å². The van der Waals surface area contributed by atoms with Gasteiger partial charge < -0.3 is 5.73 Å². The SMILES string of the molecule is Nc1nc2ccc(Cl)cc2n1-c1ccsc1. The summed E-state index contributed by atoms with van der Waals surface area (Å²) in [4.78, 5) is 4.30. The zero-order chi connectivity index (χ0) is 11.1. The lowest BCUT2D eigenvalue weighted by molar-refractivity contribution is 1.12. The smallest absolute Gasteiger partial charge is 0.205 e. The molecule has 5 heteroatoms. The number of hydrogen-bond acceptors (Lipinski definition) is 3. The minimum Gasteiger partial charge on any atom is -0.369 e. The van der Waals surface area contributed by atoms with Crippen LogP contribution in [0.15, 0.2) is 35.0 Å². The Kier molecular flexibility index (Phi) is 2.12. The van der Waals surface area contributed by atoms with Gasteiger partial charge in [-0.25, -0.2) is 4.98 Å². The maximum absolute atomic E-state index is 5.98. The van der Waals surface area contributed by atoms with Crippen LogP contribution in [-0.4, -0.2) is 9.55 Å². The molecule has 16 heavy (non-hydrogen) atoms. The molecule has 0 atom stereocenters. The summed E-state index contributed by atoms with van der Waals surface area (Å²) in [5.74, 6) is 0.482. The fraction of sp³-hybridized carbons (Fsp3) is 0. The first-order chi connectivity index (χ1) is 7.75. The van der Waals surface area contributed by atoms with E-state index in [-0.39, 0.29) is 0 Å². The summed E-state index contributed by atoms with van der Waals surface area (Å²) in [6.07, 6.45) is 0. The fourth-order valence-electron chi connectivity index (χ4n) is 1.72. The van der Waals surface area contributed by atoms with Crippen molar-refractivity contribution in [3.63, 3.8) is 0 Å². The van der Waals surface area contributed by atoms with Crippen molar-refractivity contribution in [3.05, 3.63) is 40.0 Å². The second kappa shape index (κ2) is 3.50. The number of thiophene rings is 1. The van der Waals surface area contributed by atoms with Gasteiger partial charge in [-0.15, -0.1) is 0 Å². The Bertz CT molecular complexity index is 643. The van der Waals surface area contributed by atoms with E-state index >= 15 is 0 Å². The average Bonchev–Trinajstić information content (AvgIpc) is 2.83. The van der Waals surface area contributed by atoms with Crippen LogP contribution in [0.5, 0.6) is 0 Å². The van der Waals surface area contributed by atoms with Gasteiger partial charge in [0.2, 0.25) is 5.95 Å². The number of nitrogens with two attached hydrogens (primary N) is 1. The molecular formula is C11H8ClN3S. The molecule has 0 fully saturated rings. The van der Waals surface area contributed by atoms with Gasteiger partial charge >= 0.3 is 0 Å². The first-order valence-corrected chi connectivity index (χ1v) is 6.04. The van der Waals surface area contributed by atoms with Crippen LogP contribution < -0.4 is 5.73 Å². The van der Waals surface area contributed by atoms with Gasteiger partial charge in [-0.1, -0.05) is 11.6 Å². The summed E-state index contributed by atoms with van der Waals surface area (Å²) in [7, 11) is 0. The molecule has 0 saturated carbocycles. The topological polar surface area (TPSA) is 43.8 Å². The lowest BCUT2D eigenvalue weighted by Gasteiger charge is -2.02. The van der Waals surface area contributed by atoms with E-state index in [4.69, 9.17) is 17.3 Å². The Morgan fingerprint density at radius 1 is 1.31 bits per heavy atom. The van der Waals surface area contributed by atoms with Crippen molar-refractivity contribution in [1.29, 1.82) is 0 Å². The molecule has 0 amide bonds. The predicted octanol–water partition coefficient (Wildman–Crippen LogP) is 3.32. The molecule has 3 aromatic rings. The quantitative estimate of drug-likeness (QED) is 0.719. The van der Waals surface area contributed by atoms with Crippen LogP contribution in [0.4, 0.5) is 5.95 Å². The molecular weight excluding hydrogens is 242 g/mol. The highest BCUT2D eigenvalue weighted by molar-refractivity contribution is 7.08. The van der Waals surface area contributed by atoms with Gasteiger partial charge in [0.25, 0.3) is 0 Å². The maximum atomic E-state index is 5.98. The van der Waals surface area contributed by atoms with E-state index in [0.717, 1.165) is 16.7 Å². The Labute approximate surface area is 101 Å². The minimum absolute atomic E-state index is 0.482. The maximum Gasteiger partial charge on any atom is 0.205 e. The molecule has 1 aromatic carbocycles. The molecule has 80 valence electrons. The van der Waals surface area contributed by atoms with Crippen molar-refractivity contribution in [2.45, 2.75) is 0 Å².